The van der Waals surface area contributed by atoms with Gasteiger partial charge in [-0.05, 0) is 42.8 Å². The number of hydrogen-bond acceptors (Lipinski definition) is 6. The molecular formula is C24H23NO5. The molecule has 6 nitrogen and oxygen atoms in total. The largest absolute Gasteiger partial charge is 0.497 e. The molecule has 5 rings (SSSR count). The Morgan fingerprint density at radius 3 is 2.43 bits per heavy atom. The molecule has 6 heteroatoms. The van der Waals surface area contributed by atoms with Gasteiger partial charge in [-0.2, -0.15) is 0 Å². The van der Waals surface area contributed by atoms with Gasteiger partial charge in [0, 0.05) is 28.8 Å². The van der Waals surface area contributed by atoms with Gasteiger partial charge >= 0.3 is 0 Å². The lowest BCUT2D eigenvalue weighted by Gasteiger charge is -2.42. The highest BCUT2D eigenvalue weighted by atomic mass is 17.2. The minimum Gasteiger partial charge on any atom is -0.497 e. The second-order valence-electron chi connectivity index (χ2n) is 7.30. The van der Waals surface area contributed by atoms with Gasteiger partial charge < -0.3 is 19.9 Å². The molecule has 154 valence electrons. The average molecular weight is 405 g/mol. The monoisotopic (exact) mass is 405 g/mol. The van der Waals surface area contributed by atoms with Crippen molar-refractivity contribution >= 4 is 0 Å². The Balaban J connectivity index is 1.70. The standard InChI is InChI=1S/C24H23NO5/c1-26-17-7-9-20-22(13-17)29-23-14-18(27-12-4-11-25)8-10-21(23)24(20)19-6-3-2-5-16(19)15-28-30-24/h2-3,5-10,13-14H,4,11-12,15,25H2,1H3. The summed E-state index contributed by atoms with van der Waals surface area (Å²) in [6.45, 7) is 1.52. The minimum absolute atomic E-state index is 0.389. The van der Waals surface area contributed by atoms with Crippen molar-refractivity contribution in [2.75, 3.05) is 20.3 Å². The van der Waals surface area contributed by atoms with E-state index in [0.717, 1.165) is 28.7 Å². The van der Waals surface area contributed by atoms with Crippen molar-refractivity contribution in [1.82, 2.24) is 0 Å². The van der Waals surface area contributed by atoms with Crippen LogP contribution in [0.25, 0.3) is 0 Å². The fraction of sp³-hybridized carbons (Fsp3) is 0.250. The van der Waals surface area contributed by atoms with E-state index in [1.807, 2.05) is 48.5 Å². The predicted octanol–water partition coefficient (Wildman–Crippen LogP) is 4.28. The molecule has 1 atom stereocenters. The summed E-state index contributed by atoms with van der Waals surface area (Å²) in [4.78, 5) is 11.8. The van der Waals surface area contributed by atoms with Gasteiger partial charge in [0.2, 0.25) is 0 Å². The average Bonchev–Trinajstić information content (AvgIpc) is 2.79. The maximum atomic E-state index is 6.29. The summed E-state index contributed by atoms with van der Waals surface area (Å²) in [6.07, 6.45) is 0.784. The van der Waals surface area contributed by atoms with Gasteiger partial charge in [-0.25, -0.2) is 9.78 Å². The molecule has 3 aromatic rings. The molecule has 0 radical (unpaired) electrons. The predicted molar refractivity (Wildman–Crippen MR) is 111 cm³/mol. The number of nitrogens with two attached hydrogens (primary N) is 1. The number of hydrogen-bond donors (Lipinski definition) is 1. The van der Waals surface area contributed by atoms with E-state index in [2.05, 4.69) is 12.1 Å². The second kappa shape index (κ2) is 7.65. The smallest absolute Gasteiger partial charge is 0.186 e. The van der Waals surface area contributed by atoms with Crippen LogP contribution in [0.2, 0.25) is 0 Å². The van der Waals surface area contributed by atoms with Crippen molar-refractivity contribution in [1.29, 1.82) is 0 Å². The molecule has 0 bridgehead atoms. The normalized spacial score (nSPS) is 18.7. The highest BCUT2D eigenvalue weighted by molar-refractivity contribution is 5.64. The summed E-state index contributed by atoms with van der Waals surface area (Å²) in [5.41, 5.74) is 8.45. The molecule has 30 heavy (non-hydrogen) atoms. The molecule has 2 aliphatic heterocycles. The summed E-state index contributed by atoms with van der Waals surface area (Å²) in [6, 6.07) is 19.7. The lowest BCUT2D eigenvalue weighted by molar-refractivity contribution is -0.363. The van der Waals surface area contributed by atoms with Crippen LogP contribution in [-0.2, 0) is 22.0 Å². The Hall–Kier alpha value is -3.06. The minimum atomic E-state index is -0.945. The second-order valence-corrected chi connectivity index (χ2v) is 7.30. The maximum Gasteiger partial charge on any atom is 0.186 e. The molecule has 0 fully saturated rings. The summed E-state index contributed by atoms with van der Waals surface area (Å²) < 4.78 is 17.5. The van der Waals surface area contributed by atoms with Gasteiger partial charge in [0.05, 0.1) is 13.7 Å². The Bertz CT molecular complexity index is 1080. The van der Waals surface area contributed by atoms with Gasteiger partial charge in [-0.15, -0.1) is 0 Å². The van der Waals surface area contributed by atoms with Crippen molar-refractivity contribution in [2.45, 2.75) is 18.6 Å². The highest BCUT2D eigenvalue weighted by Gasteiger charge is 2.49. The zero-order valence-electron chi connectivity index (χ0n) is 16.7. The third-order valence-corrected chi connectivity index (χ3v) is 5.53. The van der Waals surface area contributed by atoms with Crippen LogP contribution < -0.4 is 19.9 Å². The van der Waals surface area contributed by atoms with Crippen LogP contribution in [0.1, 0.15) is 28.7 Å². The van der Waals surface area contributed by atoms with E-state index in [9.17, 15) is 0 Å². The summed E-state index contributed by atoms with van der Waals surface area (Å²) in [5, 5.41) is 0. The molecule has 0 saturated carbocycles. The van der Waals surface area contributed by atoms with Crippen molar-refractivity contribution < 1.29 is 24.0 Å². The Morgan fingerprint density at radius 1 is 0.933 bits per heavy atom. The third-order valence-electron chi connectivity index (χ3n) is 5.53. The van der Waals surface area contributed by atoms with Crippen LogP contribution in [0.15, 0.2) is 60.7 Å². The number of ether oxygens (including phenoxy) is 3. The molecule has 1 spiro atoms. The van der Waals surface area contributed by atoms with E-state index in [1.54, 1.807) is 7.11 Å². The first kappa shape index (κ1) is 18.9. The van der Waals surface area contributed by atoms with Gasteiger partial charge in [-0.3, -0.25) is 0 Å². The lowest BCUT2D eigenvalue weighted by atomic mass is 9.76. The van der Waals surface area contributed by atoms with Gasteiger partial charge in [0.1, 0.15) is 29.6 Å². The topological polar surface area (TPSA) is 72.2 Å². The van der Waals surface area contributed by atoms with E-state index >= 15 is 0 Å². The van der Waals surface area contributed by atoms with Gasteiger partial charge in [0.25, 0.3) is 0 Å². The highest BCUT2D eigenvalue weighted by Crippen LogP contribution is 2.55. The fourth-order valence-corrected chi connectivity index (χ4v) is 4.11. The van der Waals surface area contributed by atoms with Crippen molar-refractivity contribution in [3.05, 3.63) is 82.9 Å². The molecule has 1 unspecified atom stereocenters. The third kappa shape index (κ3) is 2.92. The Morgan fingerprint density at radius 2 is 1.67 bits per heavy atom. The van der Waals surface area contributed by atoms with Crippen molar-refractivity contribution in [3.8, 4) is 23.0 Å². The van der Waals surface area contributed by atoms with Crippen LogP contribution in [0.3, 0.4) is 0 Å². The molecule has 3 aromatic carbocycles. The van der Waals surface area contributed by atoms with Gasteiger partial charge in [0.15, 0.2) is 5.60 Å². The van der Waals surface area contributed by atoms with Crippen LogP contribution >= 0.6 is 0 Å². The van der Waals surface area contributed by atoms with Crippen molar-refractivity contribution in [2.24, 2.45) is 5.73 Å². The molecule has 2 heterocycles. The molecule has 2 N–H and O–H groups in total. The lowest BCUT2D eigenvalue weighted by Crippen LogP contribution is -2.39. The molecular weight excluding hydrogens is 382 g/mol. The van der Waals surface area contributed by atoms with Crippen molar-refractivity contribution in [3.63, 3.8) is 0 Å². The number of methoxy groups -OCH3 is 1. The van der Waals surface area contributed by atoms with E-state index in [-0.39, 0.29) is 0 Å². The zero-order chi connectivity index (χ0) is 20.6. The van der Waals surface area contributed by atoms with E-state index in [4.69, 9.17) is 29.7 Å². The number of benzene rings is 3. The first-order chi connectivity index (χ1) is 14.8. The quantitative estimate of drug-likeness (QED) is 0.505. The fourth-order valence-electron chi connectivity index (χ4n) is 4.11. The molecule has 0 amide bonds. The van der Waals surface area contributed by atoms with Crippen LogP contribution in [0.5, 0.6) is 23.0 Å². The molecule has 0 saturated heterocycles. The molecule has 0 aliphatic carbocycles. The molecule has 2 aliphatic rings. The van der Waals surface area contributed by atoms with Crippen LogP contribution in [-0.4, -0.2) is 20.3 Å². The number of rotatable bonds is 5. The number of fused-ring (bicyclic) bond motifs is 6. The zero-order valence-corrected chi connectivity index (χ0v) is 16.7. The first-order valence-electron chi connectivity index (χ1n) is 9.99. The summed E-state index contributed by atoms with van der Waals surface area (Å²) in [7, 11) is 1.63. The summed E-state index contributed by atoms with van der Waals surface area (Å²) in [5.74, 6) is 2.73. The maximum absolute atomic E-state index is 6.29. The van der Waals surface area contributed by atoms with E-state index in [1.165, 1.54) is 0 Å². The Kier molecular flexibility index (Phi) is 4.83. The first-order valence-corrected chi connectivity index (χ1v) is 9.99. The SMILES string of the molecule is COc1ccc2c(c1)Oc1cc(OCCCN)ccc1C21OOCc2ccccc21. The van der Waals surface area contributed by atoms with E-state index < -0.39 is 5.60 Å². The molecule has 0 aromatic heterocycles. The summed E-state index contributed by atoms with van der Waals surface area (Å²) >= 11 is 0. The van der Waals surface area contributed by atoms with Crippen LogP contribution in [0, 0.1) is 0 Å². The Labute approximate surface area is 175 Å². The van der Waals surface area contributed by atoms with E-state index in [0.29, 0.717) is 42.8 Å². The van der Waals surface area contributed by atoms with Gasteiger partial charge in [-0.1, -0.05) is 24.3 Å². The van der Waals surface area contributed by atoms with Crippen LogP contribution in [0.4, 0.5) is 0 Å².